The van der Waals surface area contributed by atoms with E-state index in [4.69, 9.17) is 24.8 Å². The first-order chi connectivity index (χ1) is 16.7. The van der Waals surface area contributed by atoms with Crippen LogP contribution in [0, 0.1) is 0 Å². The number of hydrogen-bond donors (Lipinski definition) is 8. The maximum atomic E-state index is 12.2. The van der Waals surface area contributed by atoms with Gasteiger partial charge in [0.05, 0.1) is 12.9 Å². The van der Waals surface area contributed by atoms with Crippen molar-refractivity contribution in [3.63, 3.8) is 0 Å². The molecule has 1 aliphatic heterocycles. The average molecular weight is 574 g/mol. The Morgan fingerprint density at radius 3 is 2.44 bits per heavy atom. The number of nitrogens with one attached hydrogen (secondary N) is 1. The highest BCUT2D eigenvalue weighted by Crippen LogP contribution is 2.63. The molecule has 2 aromatic heterocycles. The topological polar surface area (TPSA) is 273 Å². The molecule has 1 fully saturated rings. The Morgan fingerprint density at radius 2 is 1.78 bits per heavy atom. The quantitative estimate of drug-likeness (QED) is 0.107. The van der Waals surface area contributed by atoms with Crippen LogP contribution >= 0.6 is 22.6 Å². The minimum absolute atomic E-state index is 0.274. The number of hydrogen-bond acceptors (Lipinski definition) is 12. The van der Waals surface area contributed by atoms with E-state index in [1.807, 2.05) is 0 Å². The van der Waals surface area contributed by atoms with Gasteiger partial charge in [-0.1, -0.05) is 0 Å². The Balaban J connectivity index is 1.68. The Labute approximate surface area is 204 Å². The molecule has 1 saturated heterocycles. The fourth-order valence-corrected chi connectivity index (χ4v) is 9.99. The van der Waals surface area contributed by atoms with Crippen molar-refractivity contribution in [2.75, 3.05) is 36.8 Å². The Bertz CT molecular complexity index is 1190. The lowest BCUT2D eigenvalue weighted by molar-refractivity contribution is -0.0483. The number of unbranched alkanes of at least 4 members (excludes halogenated alkanes) is 1. The molecule has 3 rings (SSSR count). The molecule has 3 heterocycles. The highest BCUT2D eigenvalue weighted by Gasteiger charge is 2.46. The van der Waals surface area contributed by atoms with Crippen LogP contribution in [0.15, 0.2) is 12.7 Å². The molecule has 0 aliphatic carbocycles. The van der Waals surface area contributed by atoms with Crippen molar-refractivity contribution in [3.05, 3.63) is 12.7 Å². The zero-order chi connectivity index (χ0) is 26.7. The average Bonchev–Trinajstić information content (AvgIpc) is 3.29. The van der Waals surface area contributed by atoms with E-state index < -0.39 is 65.5 Å². The lowest BCUT2D eigenvalue weighted by Crippen LogP contribution is -2.33. The van der Waals surface area contributed by atoms with Gasteiger partial charge in [-0.05, 0) is 19.4 Å². The Kier molecular flexibility index (Phi) is 9.42. The molecule has 0 radical (unpaired) electrons. The third kappa shape index (κ3) is 7.60. The summed E-state index contributed by atoms with van der Waals surface area (Å²) in [6.45, 7) is 0.374. The summed E-state index contributed by atoms with van der Waals surface area (Å²) >= 11 is 0. The third-order valence-electron chi connectivity index (χ3n) is 5.14. The molecule has 204 valence electrons. The molecular formula is C16H29N6O11P3. The molecule has 17 nitrogen and oxygen atoms in total. The summed E-state index contributed by atoms with van der Waals surface area (Å²) in [7, 11) is -14.5. The number of imidazole rings is 1. The van der Waals surface area contributed by atoms with Crippen LogP contribution in [-0.4, -0.2) is 99.1 Å². The maximum absolute atomic E-state index is 12.2. The van der Waals surface area contributed by atoms with Crippen LogP contribution in [0.4, 0.5) is 5.82 Å². The van der Waals surface area contributed by atoms with Gasteiger partial charge in [-0.3, -0.25) is 18.3 Å². The van der Waals surface area contributed by atoms with E-state index in [2.05, 4.69) is 20.3 Å². The van der Waals surface area contributed by atoms with E-state index in [0.29, 0.717) is 24.4 Å². The van der Waals surface area contributed by atoms with Gasteiger partial charge >= 0.3 is 15.2 Å². The van der Waals surface area contributed by atoms with Crippen LogP contribution in [0.2, 0.25) is 0 Å². The van der Waals surface area contributed by atoms with Gasteiger partial charge in [0, 0.05) is 6.54 Å². The van der Waals surface area contributed by atoms with E-state index in [9.17, 15) is 33.7 Å². The summed E-state index contributed by atoms with van der Waals surface area (Å²) in [6.07, 6.45) is -1.44. The molecule has 0 spiro atoms. The SMILES string of the molecule is NCCCCNc1ncnc2c1ncn2[C@@H]1O[C@H](COP(=O)(O)CP(=O)(O)CP(=O)(O)O)[C@@H](O)C1O. The number of nitrogens with two attached hydrogens (primary N) is 1. The first kappa shape index (κ1) is 29.2. The van der Waals surface area contributed by atoms with E-state index in [-0.39, 0.29) is 5.65 Å². The van der Waals surface area contributed by atoms with Gasteiger partial charge < -0.3 is 50.1 Å². The summed E-state index contributed by atoms with van der Waals surface area (Å²) in [6, 6.07) is 0. The predicted molar refractivity (Wildman–Crippen MR) is 125 cm³/mol. The second-order valence-corrected chi connectivity index (χ2v) is 15.1. The van der Waals surface area contributed by atoms with Crippen molar-refractivity contribution >= 4 is 39.5 Å². The normalized spacial score (nSPS) is 26.1. The van der Waals surface area contributed by atoms with Crippen molar-refractivity contribution in [3.8, 4) is 0 Å². The fourth-order valence-electron chi connectivity index (χ4n) is 3.58. The second kappa shape index (κ2) is 11.6. The van der Waals surface area contributed by atoms with Gasteiger partial charge in [-0.25, -0.2) is 15.0 Å². The number of rotatable bonds is 13. The van der Waals surface area contributed by atoms with E-state index in [0.717, 1.165) is 12.8 Å². The van der Waals surface area contributed by atoms with Gasteiger partial charge in [0.25, 0.3) is 0 Å². The molecule has 0 aromatic carbocycles. The predicted octanol–water partition coefficient (Wildman–Crippen LogP) is -0.839. The van der Waals surface area contributed by atoms with Crippen LogP contribution in [0.1, 0.15) is 19.1 Å². The first-order valence-corrected chi connectivity index (χ1v) is 16.3. The first-order valence-electron chi connectivity index (χ1n) is 10.7. The monoisotopic (exact) mass is 574 g/mol. The molecule has 1 aliphatic rings. The molecule has 9 N–H and O–H groups in total. The number of fused-ring (bicyclic) bond motifs is 1. The van der Waals surface area contributed by atoms with Gasteiger partial charge in [-0.15, -0.1) is 0 Å². The number of aliphatic hydroxyl groups is 2. The van der Waals surface area contributed by atoms with Crippen molar-refractivity contribution in [1.29, 1.82) is 0 Å². The molecule has 0 saturated carbocycles. The zero-order valence-corrected chi connectivity index (χ0v) is 21.5. The minimum atomic E-state index is -4.93. The molecule has 0 bridgehead atoms. The zero-order valence-electron chi connectivity index (χ0n) is 18.8. The molecule has 36 heavy (non-hydrogen) atoms. The fraction of sp³-hybridized carbons (Fsp3) is 0.688. The second-order valence-electron chi connectivity index (χ2n) is 8.24. The largest absolute Gasteiger partial charge is 0.387 e. The minimum Gasteiger partial charge on any atom is -0.387 e. The van der Waals surface area contributed by atoms with Gasteiger partial charge in [-0.2, -0.15) is 0 Å². The molecule has 6 atom stereocenters. The molecule has 2 aromatic rings. The maximum Gasteiger partial charge on any atom is 0.337 e. The van der Waals surface area contributed by atoms with Crippen molar-refractivity contribution in [2.24, 2.45) is 5.73 Å². The Morgan fingerprint density at radius 1 is 1.06 bits per heavy atom. The highest BCUT2D eigenvalue weighted by molar-refractivity contribution is 7.79. The number of anilines is 1. The number of aliphatic hydroxyl groups excluding tert-OH is 2. The lowest BCUT2D eigenvalue weighted by Gasteiger charge is -2.20. The van der Waals surface area contributed by atoms with Crippen LogP contribution in [0.3, 0.4) is 0 Å². The van der Waals surface area contributed by atoms with Crippen molar-refractivity contribution in [2.45, 2.75) is 37.4 Å². The van der Waals surface area contributed by atoms with Crippen molar-refractivity contribution < 1.29 is 52.7 Å². The summed E-state index contributed by atoms with van der Waals surface area (Å²) in [5.74, 6) is -2.46. The van der Waals surface area contributed by atoms with Crippen molar-refractivity contribution in [1.82, 2.24) is 19.5 Å². The standard InChI is InChI=1S/C16H29N6O11P3/c17-3-1-2-4-18-14-11-15(20-6-19-14)22(7-21-11)16-13(24)12(23)10(33-16)5-32-36(30,31)9-34(25,26)8-35(27,28)29/h6-7,10,12-13,16,23-24H,1-5,8-9,17H2,(H,25,26)(H,30,31)(H,18,19,20)(H2,27,28,29)/t10-,12-,13?,16-/m1/s1. The third-order valence-corrected chi connectivity index (χ3v) is 12.1. The summed E-state index contributed by atoms with van der Waals surface area (Å²) < 4.78 is 46.8. The molecular weight excluding hydrogens is 545 g/mol. The smallest absolute Gasteiger partial charge is 0.337 e. The van der Waals surface area contributed by atoms with E-state index in [1.165, 1.54) is 17.2 Å². The van der Waals surface area contributed by atoms with Gasteiger partial charge in [0.2, 0.25) is 7.37 Å². The van der Waals surface area contributed by atoms with Gasteiger partial charge in [0.1, 0.15) is 36.4 Å². The van der Waals surface area contributed by atoms with E-state index in [1.54, 1.807) is 0 Å². The Hall–Kier alpha value is -1.32. The number of ether oxygens (including phenoxy) is 1. The molecule has 20 heteroatoms. The summed E-state index contributed by atoms with van der Waals surface area (Å²) in [4.78, 5) is 49.8. The number of nitrogens with zero attached hydrogens (tertiary/aromatic N) is 4. The van der Waals surface area contributed by atoms with Crippen LogP contribution in [0.5, 0.6) is 0 Å². The summed E-state index contributed by atoms with van der Waals surface area (Å²) in [5, 5.41) is 24.0. The lowest BCUT2D eigenvalue weighted by atomic mass is 10.1. The van der Waals surface area contributed by atoms with Gasteiger partial charge in [0.15, 0.2) is 23.2 Å². The summed E-state index contributed by atoms with van der Waals surface area (Å²) in [5.41, 5.74) is 6.13. The number of aromatic nitrogens is 4. The van der Waals surface area contributed by atoms with Crippen LogP contribution in [-0.2, 0) is 23.0 Å². The molecule has 3 unspecified atom stereocenters. The highest BCUT2D eigenvalue weighted by atomic mass is 31.3. The molecule has 0 amide bonds. The van der Waals surface area contributed by atoms with Crippen LogP contribution < -0.4 is 11.1 Å². The van der Waals surface area contributed by atoms with E-state index >= 15 is 0 Å². The van der Waals surface area contributed by atoms with Crippen LogP contribution in [0.25, 0.3) is 11.2 Å².